The van der Waals surface area contributed by atoms with Crippen LogP contribution in [0.1, 0.15) is 5.56 Å². The molecule has 1 heterocycles. The van der Waals surface area contributed by atoms with Crippen molar-refractivity contribution in [1.82, 2.24) is 9.78 Å². The summed E-state index contributed by atoms with van der Waals surface area (Å²) in [6.45, 7) is 1.55. The van der Waals surface area contributed by atoms with E-state index < -0.39 is 17.0 Å². The van der Waals surface area contributed by atoms with Crippen molar-refractivity contribution in [2.45, 2.75) is 13.5 Å². The van der Waals surface area contributed by atoms with Crippen LogP contribution in [0, 0.1) is 6.92 Å². The molecule has 2 aromatic carbocycles. The van der Waals surface area contributed by atoms with Crippen LogP contribution in [0.3, 0.4) is 0 Å². The average Bonchev–Trinajstić information content (AvgIpc) is 2.56. The van der Waals surface area contributed by atoms with E-state index in [4.69, 9.17) is 11.6 Å². The van der Waals surface area contributed by atoms with E-state index in [9.17, 15) is 14.4 Å². The van der Waals surface area contributed by atoms with Gasteiger partial charge in [0.15, 0.2) is 0 Å². The quantitative estimate of drug-likeness (QED) is 0.765. The number of fused-ring (bicyclic) bond motifs is 1. The normalized spacial score (nSPS) is 10.8. The lowest BCUT2D eigenvalue weighted by Crippen LogP contribution is -2.34. The lowest BCUT2D eigenvalue weighted by Gasteiger charge is -2.09. The maximum atomic E-state index is 12.4. The molecule has 0 radical (unpaired) electrons. The van der Waals surface area contributed by atoms with Crippen LogP contribution in [0.5, 0.6) is 0 Å². The molecule has 0 aliphatic rings. The molecule has 6 nitrogen and oxygen atoms in total. The van der Waals surface area contributed by atoms with E-state index in [1.54, 1.807) is 42.5 Å². The highest BCUT2D eigenvalue weighted by molar-refractivity contribution is 6.31. The third-order valence-electron chi connectivity index (χ3n) is 3.64. The highest BCUT2D eigenvalue weighted by Crippen LogP contribution is 2.19. The van der Waals surface area contributed by atoms with Crippen molar-refractivity contribution in [1.29, 1.82) is 0 Å². The number of anilines is 1. The van der Waals surface area contributed by atoms with Gasteiger partial charge in [0.25, 0.3) is 11.1 Å². The summed E-state index contributed by atoms with van der Waals surface area (Å²) < 4.78 is 0.996. The van der Waals surface area contributed by atoms with Crippen molar-refractivity contribution in [3.63, 3.8) is 0 Å². The molecule has 0 atom stereocenters. The van der Waals surface area contributed by atoms with Crippen molar-refractivity contribution in [2.24, 2.45) is 0 Å². The fourth-order valence-electron chi connectivity index (χ4n) is 2.37. The van der Waals surface area contributed by atoms with Gasteiger partial charge in [-0.2, -0.15) is 0 Å². The average molecular weight is 344 g/mol. The second-order valence-corrected chi connectivity index (χ2v) is 5.80. The highest BCUT2D eigenvalue weighted by Gasteiger charge is 2.10. The first-order valence-corrected chi connectivity index (χ1v) is 7.61. The van der Waals surface area contributed by atoms with Gasteiger partial charge in [0.2, 0.25) is 5.91 Å². The minimum Gasteiger partial charge on any atom is -0.324 e. The molecule has 0 aliphatic carbocycles. The molecule has 24 heavy (non-hydrogen) atoms. The van der Waals surface area contributed by atoms with Gasteiger partial charge < -0.3 is 5.32 Å². The third-order valence-corrected chi connectivity index (χ3v) is 4.05. The number of hydrogen-bond donors (Lipinski definition) is 2. The topological polar surface area (TPSA) is 84.0 Å². The summed E-state index contributed by atoms with van der Waals surface area (Å²) in [5, 5.41) is 6.16. The zero-order chi connectivity index (χ0) is 17.3. The number of nitrogens with one attached hydrogen (secondary N) is 2. The Bertz CT molecular complexity index is 1050. The Morgan fingerprint density at radius 2 is 1.88 bits per heavy atom. The fourth-order valence-corrected chi connectivity index (χ4v) is 2.55. The van der Waals surface area contributed by atoms with Crippen molar-refractivity contribution in [3.8, 4) is 0 Å². The van der Waals surface area contributed by atoms with Gasteiger partial charge in [0, 0.05) is 10.7 Å². The Hall–Kier alpha value is -2.86. The van der Waals surface area contributed by atoms with E-state index in [1.807, 2.05) is 6.92 Å². The number of aromatic nitrogens is 2. The van der Waals surface area contributed by atoms with Crippen LogP contribution >= 0.6 is 11.6 Å². The first kappa shape index (κ1) is 16.0. The minimum absolute atomic E-state index is 0.271. The first-order valence-electron chi connectivity index (χ1n) is 7.23. The first-order chi connectivity index (χ1) is 11.5. The van der Waals surface area contributed by atoms with Gasteiger partial charge in [-0.05, 0) is 36.8 Å². The molecule has 1 amide bonds. The molecule has 0 spiro atoms. The Morgan fingerprint density at radius 1 is 1.17 bits per heavy atom. The number of carbonyl (C=O) groups excluding carboxylic acids is 1. The van der Waals surface area contributed by atoms with Crippen molar-refractivity contribution in [2.75, 3.05) is 5.32 Å². The van der Waals surface area contributed by atoms with Crippen molar-refractivity contribution in [3.05, 3.63) is 73.8 Å². The number of aromatic amines is 1. The van der Waals surface area contributed by atoms with Gasteiger partial charge in [-0.15, -0.1) is 0 Å². The number of halogens is 1. The monoisotopic (exact) mass is 343 g/mol. The van der Waals surface area contributed by atoms with Gasteiger partial charge in [-0.25, -0.2) is 4.68 Å². The van der Waals surface area contributed by atoms with E-state index in [1.165, 1.54) is 0 Å². The van der Waals surface area contributed by atoms with E-state index in [0.29, 0.717) is 16.1 Å². The zero-order valence-corrected chi connectivity index (χ0v) is 13.6. The van der Waals surface area contributed by atoms with Gasteiger partial charge in [0.05, 0.1) is 10.8 Å². The molecule has 0 bridgehead atoms. The summed E-state index contributed by atoms with van der Waals surface area (Å²) in [7, 11) is 0. The molecule has 3 aromatic rings. The van der Waals surface area contributed by atoms with Crippen LogP contribution in [0.25, 0.3) is 10.8 Å². The van der Waals surface area contributed by atoms with Crippen LogP contribution in [0.15, 0.2) is 52.1 Å². The molecule has 0 fully saturated rings. The van der Waals surface area contributed by atoms with E-state index in [0.717, 1.165) is 10.2 Å². The van der Waals surface area contributed by atoms with Gasteiger partial charge >= 0.3 is 0 Å². The maximum Gasteiger partial charge on any atom is 0.273 e. The summed E-state index contributed by atoms with van der Waals surface area (Å²) in [5.41, 5.74) is 0.565. The summed E-state index contributed by atoms with van der Waals surface area (Å²) in [5.74, 6) is -0.442. The van der Waals surface area contributed by atoms with E-state index in [-0.39, 0.29) is 11.9 Å². The maximum absolute atomic E-state index is 12.4. The Morgan fingerprint density at radius 3 is 2.58 bits per heavy atom. The Labute approximate surface area is 141 Å². The smallest absolute Gasteiger partial charge is 0.273 e. The molecule has 2 N–H and O–H groups in total. The molecule has 3 rings (SSSR count). The number of hydrogen-bond acceptors (Lipinski definition) is 3. The van der Waals surface area contributed by atoms with E-state index in [2.05, 4.69) is 10.4 Å². The zero-order valence-electron chi connectivity index (χ0n) is 12.8. The lowest BCUT2D eigenvalue weighted by molar-refractivity contribution is -0.117. The van der Waals surface area contributed by atoms with Crippen molar-refractivity contribution < 1.29 is 4.79 Å². The van der Waals surface area contributed by atoms with Gasteiger partial charge in [0.1, 0.15) is 6.54 Å². The predicted molar refractivity (Wildman–Crippen MR) is 93.6 cm³/mol. The Kier molecular flexibility index (Phi) is 4.22. The summed E-state index contributed by atoms with van der Waals surface area (Å²) >= 11 is 6.01. The van der Waals surface area contributed by atoms with Crippen LogP contribution in [0.4, 0.5) is 5.69 Å². The summed E-state index contributed by atoms with van der Waals surface area (Å²) in [4.78, 5) is 36.5. The SMILES string of the molecule is Cc1ccc(NC(=O)Cn2[nH]c(=O)c3ccccc3c2=O)cc1Cl. The molecular weight excluding hydrogens is 330 g/mol. The van der Waals surface area contributed by atoms with Crippen LogP contribution in [0.2, 0.25) is 5.02 Å². The number of benzene rings is 2. The number of aryl methyl sites for hydroxylation is 1. The van der Waals surface area contributed by atoms with Gasteiger partial charge in [-0.1, -0.05) is 29.8 Å². The minimum atomic E-state index is -0.442. The number of amides is 1. The predicted octanol–water partition coefficient (Wildman–Crippen LogP) is 2.29. The Balaban J connectivity index is 1.88. The lowest BCUT2D eigenvalue weighted by atomic mass is 10.2. The number of H-pyrrole nitrogens is 1. The largest absolute Gasteiger partial charge is 0.324 e. The van der Waals surface area contributed by atoms with E-state index >= 15 is 0 Å². The molecule has 0 saturated heterocycles. The third kappa shape index (κ3) is 3.09. The second-order valence-electron chi connectivity index (χ2n) is 5.39. The molecule has 1 aromatic heterocycles. The molecule has 0 aliphatic heterocycles. The number of nitrogens with zero attached hydrogens (tertiary/aromatic N) is 1. The molecular formula is C17H14ClN3O3. The summed E-state index contributed by atoms with van der Waals surface area (Å²) in [6, 6.07) is 11.6. The number of rotatable bonds is 3. The molecule has 0 saturated carbocycles. The van der Waals surface area contributed by atoms with Crippen LogP contribution < -0.4 is 16.4 Å². The molecule has 7 heteroatoms. The number of carbonyl (C=O) groups is 1. The standard InChI is InChI=1S/C17H14ClN3O3/c1-10-6-7-11(8-14(10)18)19-15(22)9-21-17(24)13-5-3-2-4-12(13)16(23)20-21/h2-8H,9H2,1H3,(H,19,22)(H,20,23). The summed E-state index contributed by atoms with van der Waals surface area (Å²) in [6.07, 6.45) is 0. The molecule has 122 valence electrons. The molecule has 0 unspecified atom stereocenters. The fraction of sp³-hybridized carbons (Fsp3) is 0.118. The van der Waals surface area contributed by atoms with Gasteiger partial charge in [-0.3, -0.25) is 19.5 Å². The second kappa shape index (κ2) is 6.33. The van der Waals surface area contributed by atoms with Crippen LogP contribution in [-0.4, -0.2) is 15.7 Å². The van der Waals surface area contributed by atoms with Crippen molar-refractivity contribution >= 4 is 34.0 Å². The van der Waals surface area contributed by atoms with Crippen LogP contribution in [-0.2, 0) is 11.3 Å². The highest BCUT2D eigenvalue weighted by atomic mass is 35.5.